The van der Waals surface area contributed by atoms with Crippen molar-refractivity contribution in [2.24, 2.45) is 0 Å². The maximum absolute atomic E-state index is 4.53. The maximum atomic E-state index is 4.53. The van der Waals surface area contributed by atoms with Gasteiger partial charge in [0.1, 0.15) is 0 Å². The van der Waals surface area contributed by atoms with E-state index in [2.05, 4.69) is 51.7 Å². The van der Waals surface area contributed by atoms with Crippen LogP contribution in [0.4, 0.5) is 11.4 Å². The van der Waals surface area contributed by atoms with Crippen molar-refractivity contribution in [3.63, 3.8) is 0 Å². The minimum absolute atomic E-state index is 1.03. The van der Waals surface area contributed by atoms with E-state index < -0.39 is 0 Å². The van der Waals surface area contributed by atoms with Crippen LogP contribution in [0.5, 0.6) is 0 Å². The number of aromatic nitrogens is 2. The fraction of sp³-hybridized carbons (Fsp3) is 0. The smallest absolute Gasteiger partial charge is 0.0719 e. The fourth-order valence-electron chi connectivity index (χ4n) is 2.88. The van der Waals surface area contributed by atoms with Crippen molar-refractivity contribution in [1.82, 2.24) is 9.97 Å². The van der Waals surface area contributed by atoms with Crippen LogP contribution in [0, 0.1) is 0 Å². The quantitative estimate of drug-likeness (QED) is 0.437. The van der Waals surface area contributed by atoms with E-state index in [9.17, 15) is 0 Å². The van der Waals surface area contributed by atoms with Crippen LogP contribution in [0.25, 0.3) is 21.8 Å². The first-order valence-corrected chi connectivity index (χ1v) is 7.92. The number of benzene rings is 2. The Morgan fingerprint density at radius 1 is 0.682 bits per heavy atom. The van der Waals surface area contributed by atoms with Crippen molar-refractivity contribution in [1.29, 1.82) is 0 Å². The molecule has 0 atom stereocenters. The van der Waals surface area contributed by atoms with Gasteiger partial charge in [0.25, 0.3) is 0 Å². The Morgan fingerprint density at radius 3 is 1.73 bits per heavy atom. The zero-order chi connectivity index (χ0) is 14.5. The van der Waals surface area contributed by atoms with Crippen LogP contribution >= 0.6 is 11.8 Å². The van der Waals surface area contributed by atoms with Crippen molar-refractivity contribution in [2.75, 3.05) is 5.32 Å². The molecule has 0 saturated carbocycles. The van der Waals surface area contributed by atoms with Gasteiger partial charge in [0.05, 0.1) is 34.8 Å². The number of nitrogens with one attached hydrogen (secondary N) is 1. The largest absolute Gasteiger partial charge is 0.351 e. The summed E-state index contributed by atoms with van der Waals surface area (Å²) in [6, 6.07) is 16.5. The number of nitrogens with zero attached hydrogens (tertiary/aromatic N) is 2. The molecule has 5 rings (SSSR count). The Hall–Kier alpha value is -2.59. The van der Waals surface area contributed by atoms with E-state index in [1.54, 1.807) is 11.8 Å². The number of hydrogen-bond acceptors (Lipinski definition) is 4. The van der Waals surface area contributed by atoms with Crippen LogP contribution in [0.1, 0.15) is 0 Å². The molecule has 1 N–H and O–H groups in total. The number of fused-ring (bicyclic) bond motifs is 6. The second-order valence-corrected chi connectivity index (χ2v) is 6.28. The molecule has 1 aliphatic heterocycles. The number of para-hydroxylation sites is 2. The molecule has 0 radical (unpaired) electrons. The van der Waals surface area contributed by atoms with Gasteiger partial charge < -0.3 is 5.32 Å². The van der Waals surface area contributed by atoms with E-state index in [0.29, 0.717) is 0 Å². The van der Waals surface area contributed by atoms with Crippen LogP contribution in [-0.4, -0.2) is 9.97 Å². The summed E-state index contributed by atoms with van der Waals surface area (Å²) in [7, 11) is 0. The summed E-state index contributed by atoms with van der Waals surface area (Å²) in [4.78, 5) is 11.5. The molecule has 0 spiro atoms. The molecule has 4 aromatic rings. The molecule has 0 aliphatic carbocycles. The highest BCUT2D eigenvalue weighted by Crippen LogP contribution is 2.48. The van der Waals surface area contributed by atoms with Gasteiger partial charge in [-0.1, -0.05) is 48.2 Å². The van der Waals surface area contributed by atoms with E-state index >= 15 is 0 Å². The zero-order valence-electron chi connectivity index (χ0n) is 11.6. The number of anilines is 2. The van der Waals surface area contributed by atoms with Crippen molar-refractivity contribution in [3.8, 4) is 0 Å². The van der Waals surface area contributed by atoms with E-state index in [-0.39, 0.29) is 0 Å². The summed E-state index contributed by atoms with van der Waals surface area (Å²) in [5.74, 6) is 0. The van der Waals surface area contributed by atoms with Crippen LogP contribution in [0.2, 0.25) is 0 Å². The Balaban J connectivity index is 1.80. The molecule has 22 heavy (non-hydrogen) atoms. The van der Waals surface area contributed by atoms with Gasteiger partial charge in [-0.3, -0.25) is 9.97 Å². The molecule has 3 heterocycles. The summed E-state index contributed by atoms with van der Waals surface area (Å²) in [5.41, 5.74) is 4.15. The van der Waals surface area contributed by atoms with Crippen molar-refractivity contribution < 1.29 is 0 Å². The highest BCUT2D eigenvalue weighted by Gasteiger charge is 2.20. The first-order chi connectivity index (χ1) is 10.9. The molecule has 0 unspecified atom stereocenters. The molecule has 104 valence electrons. The molecule has 2 aromatic carbocycles. The van der Waals surface area contributed by atoms with Gasteiger partial charge in [0, 0.05) is 20.6 Å². The van der Waals surface area contributed by atoms with Gasteiger partial charge in [0.15, 0.2) is 0 Å². The molecular formula is C18H11N3S. The first-order valence-electron chi connectivity index (χ1n) is 7.10. The molecule has 0 amide bonds. The standard InChI is InChI=1S/C18H11N3S/c1-3-7-13-11(5-1)17-15(9-19-13)21-16-10-20-14-8-4-2-6-12(14)18(16)22-17/h1-10,21H. The maximum Gasteiger partial charge on any atom is 0.0719 e. The second kappa shape index (κ2) is 4.45. The Bertz CT molecular complexity index is 960. The highest BCUT2D eigenvalue weighted by atomic mass is 32.2. The third kappa shape index (κ3) is 1.64. The molecular weight excluding hydrogens is 290 g/mol. The van der Waals surface area contributed by atoms with Gasteiger partial charge in [0.2, 0.25) is 0 Å². The van der Waals surface area contributed by atoms with E-state index in [4.69, 9.17) is 0 Å². The molecule has 3 nitrogen and oxygen atoms in total. The Morgan fingerprint density at radius 2 is 1.18 bits per heavy atom. The van der Waals surface area contributed by atoms with Crippen LogP contribution in [0.3, 0.4) is 0 Å². The third-order valence-corrected chi connectivity index (χ3v) is 5.21. The van der Waals surface area contributed by atoms with Crippen molar-refractivity contribution in [3.05, 3.63) is 60.9 Å². The minimum atomic E-state index is 1.03. The average Bonchev–Trinajstić information content (AvgIpc) is 2.60. The van der Waals surface area contributed by atoms with Gasteiger partial charge in [-0.2, -0.15) is 0 Å². The predicted octanol–water partition coefficient (Wildman–Crippen LogP) is 4.99. The lowest BCUT2D eigenvalue weighted by Crippen LogP contribution is -2.02. The fourth-order valence-corrected chi connectivity index (χ4v) is 4.07. The van der Waals surface area contributed by atoms with Crippen LogP contribution in [-0.2, 0) is 0 Å². The summed E-state index contributed by atoms with van der Waals surface area (Å²) in [6.45, 7) is 0. The van der Waals surface area contributed by atoms with Gasteiger partial charge >= 0.3 is 0 Å². The predicted molar refractivity (Wildman–Crippen MR) is 90.9 cm³/mol. The Kier molecular flexibility index (Phi) is 2.43. The normalized spacial score (nSPS) is 12.7. The van der Waals surface area contributed by atoms with Gasteiger partial charge in [-0.25, -0.2) is 0 Å². The molecule has 0 fully saturated rings. The average molecular weight is 301 g/mol. The third-order valence-electron chi connectivity index (χ3n) is 3.93. The topological polar surface area (TPSA) is 37.8 Å². The second-order valence-electron chi connectivity index (χ2n) is 5.26. The van der Waals surface area contributed by atoms with E-state index in [1.165, 1.54) is 20.6 Å². The lowest BCUT2D eigenvalue weighted by molar-refractivity contribution is 1.27. The summed E-state index contributed by atoms with van der Waals surface area (Å²) < 4.78 is 0. The van der Waals surface area contributed by atoms with Gasteiger partial charge in [-0.15, -0.1) is 0 Å². The minimum Gasteiger partial charge on any atom is -0.351 e. The lowest BCUT2D eigenvalue weighted by Gasteiger charge is -2.22. The summed E-state index contributed by atoms with van der Waals surface area (Å²) >= 11 is 1.80. The molecule has 0 bridgehead atoms. The van der Waals surface area contributed by atoms with E-state index in [0.717, 1.165) is 22.4 Å². The summed E-state index contributed by atoms with van der Waals surface area (Å²) in [5, 5.41) is 5.85. The monoisotopic (exact) mass is 301 g/mol. The zero-order valence-corrected chi connectivity index (χ0v) is 12.4. The Labute approximate surface area is 131 Å². The number of hydrogen-bond donors (Lipinski definition) is 1. The van der Waals surface area contributed by atoms with Crippen LogP contribution < -0.4 is 5.32 Å². The lowest BCUT2D eigenvalue weighted by atomic mass is 10.2. The molecule has 4 heteroatoms. The molecule has 2 aromatic heterocycles. The number of rotatable bonds is 0. The van der Waals surface area contributed by atoms with E-state index in [1.807, 2.05) is 24.5 Å². The molecule has 0 saturated heterocycles. The SMILES string of the molecule is c1ccc2c3c(cnc2c1)Nc1cnc2ccccc2c1S3. The van der Waals surface area contributed by atoms with Crippen molar-refractivity contribution >= 4 is 44.9 Å². The summed E-state index contributed by atoms with van der Waals surface area (Å²) in [6.07, 6.45) is 3.81. The van der Waals surface area contributed by atoms with Crippen LogP contribution in [0.15, 0.2) is 70.7 Å². The number of pyridine rings is 2. The van der Waals surface area contributed by atoms with Gasteiger partial charge in [-0.05, 0) is 12.1 Å². The highest BCUT2D eigenvalue weighted by molar-refractivity contribution is 8.00. The first kappa shape index (κ1) is 12.0. The van der Waals surface area contributed by atoms with Crippen molar-refractivity contribution in [2.45, 2.75) is 9.79 Å². The molecule has 1 aliphatic rings.